The van der Waals surface area contributed by atoms with Crippen LogP contribution in [0.25, 0.3) is 0 Å². The number of benzene rings is 1. The molecular weight excluding hydrogens is 367 g/mol. The van der Waals surface area contributed by atoms with E-state index >= 15 is 0 Å². The van der Waals surface area contributed by atoms with Crippen molar-refractivity contribution in [1.82, 2.24) is 9.97 Å². The van der Waals surface area contributed by atoms with E-state index in [1.165, 1.54) is 0 Å². The lowest BCUT2D eigenvalue weighted by Gasteiger charge is -2.26. The second kappa shape index (κ2) is 8.33. The molecule has 0 bridgehead atoms. The van der Waals surface area contributed by atoms with E-state index in [0.717, 1.165) is 13.1 Å². The van der Waals surface area contributed by atoms with E-state index < -0.39 is 0 Å². The second-order valence-electron chi connectivity index (χ2n) is 5.28. The van der Waals surface area contributed by atoms with Gasteiger partial charge in [0.25, 0.3) is 5.91 Å². The Bertz CT molecular complexity index is 737. The van der Waals surface area contributed by atoms with Crippen molar-refractivity contribution in [3.05, 3.63) is 40.6 Å². The number of carbonyl (C=O) groups excluding carboxylic acids is 1. The van der Waals surface area contributed by atoms with Crippen LogP contribution in [0.2, 0.25) is 10.0 Å². The number of rotatable bonds is 5. The summed E-state index contributed by atoms with van der Waals surface area (Å²) in [5.74, 6) is 0.666. The Morgan fingerprint density at radius 2 is 1.96 bits per heavy atom. The molecule has 0 atom stereocenters. The lowest BCUT2D eigenvalue weighted by molar-refractivity contribution is -0.118. The molecule has 0 unspecified atom stereocenters. The van der Waals surface area contributed by atoms with Gasteiger partial charge in [-0.3, -0.25) is 4.79 Å². The molecule has 0 aliphatic carbocycles. The summed E-state index contributed by atoms with van der Waals surface area (Å²) in [6, 6.07) is 4.80. The third-order valence-corrected chi connectivity index (χ3v) is 4.00. The number of amides is 1. The number of halogens is 2. The highest BCUT2D eigenvalue weighted by atomic mass is 35.5. The summed E-state index contributed by atoms with van der Waals surface area (Å²) in [7, 11) is 0. The van der Waals surface area contributed by atoms with Gasteiger partial charge in [-0.25, -0.2) is 9.97 Å². The monoisotopic (exact) mass is 382 g/mol. The minimum Gasteiger partial charge on any atom is -0.482 e. The molecule has 7 nitrogen and oxygen atoms in total. The summed E-state index contributed by atoms with van der Waals surface area (Å²) in [5, 5.41) is 3.52. The molecule has 1 aromatic carbocycles. The van der Waals surface area contributed by atoms with Gasteiger partial charge >= 0.3 is 0 Å². The summed E-state index contributed by atoms with van der Waals surface area (Å²) in [6.07, 6.45) is 3.12. The highest BCUT2D eigenvalue weighted by molar-refractivity contribution is 6.35. The summed E-state index contributed by atoms with van der Waals surface area (Å²) < 4.78 is 10.7. The number of anilines is 2. The topological polar surface area (TPSA) is 76.6 Å². The maximum absolute atomic E-state index is 12.0. The van der Waals surface area contributed by atoms with Crippen molar-refractivity contribution >= 4 is 40.7 Å². The molecule has 1 amide bonds. The highest BCUT2D eigenvalue weighted by Crippen LogP contribution is 2.27. The Morgan fingerprint density at radius 3 is 2.64 bits per heavy atom. The van der Waals surface area contributed by atoms with Gasteiger partial charge < -0.3 is 19.7 Å². The molecule has 0 saturated carbocycles. The van der Waals surface area contributed by atoms with Gasteiger partial charge in [-0.15, -0.1) is 0 Å². The van der Waals surface area contributed by atoms with Crippen LogP contribution in [-0.2, 0) is 9.53 Å². The molecule has 0 radical (unpaired) electrons. The van der Waals surface area contributed by atoms with Crippen LogP contribution in [0.3, 0.4) is 0 Å². The van der Waals surface area contributed by atoms with Gasteiger partial charge in [-0.05, 0) is 18.2 Å². The van der Waals surface area contributed by atoms with Crippen molar-refractivity contribution in [3.8, 4) is 5.75 Å². The highest BCUT2D eigenvalue weighted by Gasteiger charge is 2.14. The SMILES string of the molecule is O=C(COc1ccc(Cl)cc1Cl)Nc1cnc(N2CCOCC2)nc1. The predicted octanol–water partition coefficient (Wildman–Crippen LogP) is 2.64. The number of carbonyl (C=O) groups is 1. The molecule has 1 aliphatic rings. The third kappa shape index (κ3) is 4.94. The third-order valence-electron chi connectivity index (χ3n) is 3.47. The van der Waals surface area contributed by atoms with Gasteiger partial charge in [0.05, 0.1) is 36.3 Å². The van der Waals surface area contributed by atoms with Crippen LogP contribution >= 0.6 is 23.2 Å². The van der Waals surface area contributed by atoms with Crippen LogP contribution < -0.4 is 15.0 Å². The number of hydrogen-bond donors (Lipinski definition) is 1. The van der Waals surface area contributed by atoms with Crippen molar-refractivity contribution in [2.45, 2.75) is 0 Å². The summed E-state index contributed by atoms with van der Waals surface area (Å²) in [6.45, 7) is 2.63. The number of ether oxygens (including phenoxy) is 2. The van der Waals surface area contributed by atoms with Crippen LogP contribution in [0.5, 0.6) is 5.75 Å². The van der Waals surface area contributed by atoms with Gasteiger partial charge in [0.1, 0.15) is 5.75 Å². The molecule has 1 N–H and O–H groups in total. The zero-order valence-corrected chi connectivity index (χ0v) is 14.8. The fraction of sp³-hybridized carbons (Fsp3) is 0.312. The number of aromatic nitrogens is 2. The Labute approximate surface area is 154 Å². The molecule has 1 aliphatic heterocycles. The van der Waals surface area contributed by atoms with Crippen LogP contribution in [0.1, 0.15) is 0 Å². The molecule has 1 fully saturated rings. The van der Waals surface area contributed by atoms with Crippen molar-refractivity contribution in [3.63, 3.8) is 0 Å². The zero-order chi connectivity index (χ0) is 17.6. The molecular formula is C16H16Cl2N4O3. The van der Waals surface area contributed by atoms with Crippen LogP contribution in [0, 0.1) is 0 Å². The van der Waals surface area contributed by atoms with Crippen molar-refractivity contribution in [2.24, 2.45) is 0 Å². The van der Waals surface area contributed by atoms with E-state index in [2.05, 4.69) is 15.3 Å². The average molecular weight is 383 g/mol. The molecule has 0 spiro atoms. The Balaban J connectivity index is 1.52. The quantitative estimate of drug-likeness (QED) is 0.856. The van der Waals surface area contributed by atoms with Gasteiger partial charge in [0.15, 0.2) is 6.61 Å². The first-order valence-electron chi connectivity index (χ1n) is 7.64. The van der Waals surface area contributed by atoms with E-state index in [1.807, 2.05) is 4.90 Å². The largest absolute Gasteiger partial charge is 0.482 e. The molecule has 3 rings (SSSR count). The zero-order valence-electron chi connectivity index (χ0n) is 13.2. The Kier molecular flexibility index (Phi) is 5.91. The van der Waals surface area contributed by atoms with Crippen LogP contribution in [0.4, 0.5) is 11.6 Å². The van der Waals surface area contributed by atoms with E-state index in [1.54, 1.807) is 30.6 Å². The lowest BCUT2D eigenvalue weighted by atomic mass is 10.3. The second-order valence-corrected chi connectivity index (χ2v) is 6.13. The number of hydrogen-bond acceptors (Lipinski definition) is 6. The maximum Gasteiger partial charge on any atom is 0.262 e. The Morgan fingerprint density at radius 1 is 1.24 bits per heavy atom. The fourth-order valence-electron chi connectivity index (χ4n) is 2.25. The summed E-state index contributed by atoms with van der Waals surface area (Å²) in [5.41, 5.74) is 0.493. The predicted molar refractivity (Wildman–Crippen MR) is 95.7 cm³/mol. The van der Waals surface area contributed by atoms with Crippen molar-refractivity contribution < 1.29 is 14.3 Å². The van der Waals surface area contributed by atoms with Gasteiger partial charge in [0.2, 0.25) is 5.95 Å². The van der Waals surface area contributed by atoms with Crippen LogP contribution in [0.15, 0.2) is 30.6 Å². The maximum atomic E-state index is 12.0. The minimum absolute atomic E-state index is 0.188. The molecule has 2 aromatic rings. The molecule has 2 heterocycles. The normalized spacial score (nSPS) is 14.2. The van der Waals surface area contributed by atoms with Gasteiger partial charge in [-0.1, -0.05) is 23.2 Å². The average Bonchev–Trinajstić information content (AvgIpc) is 2.62. The minimum atomic E-state index is -0.339. The molecule has 9 heteroatoms. The van der Waals surface area contributed by atoms with Gasteiger partial charge in [0, 0.05) is 18.1 Å². The van der Waals surface area contributed by atoms with Crippen molar-refractivity contribution in [1.29, 1.82) is 0 Å². The standard InChI is InChI=1S/C16H16Cl2N4O3/c17-11-1-2-14(13(18)7-11)25-10-15(23)21-12-8-19-16(20-9-12)22-3-5-24-6-4-22/h1-2,7-9H,3-6,10H2,(H,21,23). The molecule has 1 aromatic heterocycles. The first-order valence-corrected chi connectivity index (χ1v) is 8.40. The van der Waals surface area contributed by atoms with Gasteiger partial charge in [-0.2, -0.15) is 0 Å². The number of nitrogens with one attached hydrogen (secondary N) is 1. The molecule has 1 saturated heterocycles. The van der Waals surface area contributed by atoms with E-state index in [-0.39, 0.29) is 12.5 Å². The number of nitrogens with zero attached hydrogens (tertiary/aromatic N) is 3. The number of morpholine rings is 1. The summed E-state index contributed by atoms with van der Waals surface area (Å²) >= 11 is 11.8. The lowest BCUT2D eigenvalue weighted by Crippen LogP contribution is -2.37. The Hall–Kier alpha value is -2.09. The molecule has 132 valence electrons. The van der Waals surface area contributed by atoms with E-state index in [4.69, 9.17) is 32.7 Å². The smallest absolute Gasteiger partial charge is 0.262 e. The van der Waals surface area contributed by atoms with Crippen LogP contribution in [-0.4, -0.2) is 48.8 Å². The summed E-state index contributed by atoms with van der Waals surface area (Å²) in [4.78, 5) is 22.5. The first kappa shape index (κ1) is 17.7. The first-order chi connectivity index (χ1) is 12.1. The van der Waals surface area contributed by atoms with E-state index in [9.17, 15) is 4.79 Å². The van der Waals surface area contributed by atoms with Crippen molar-refractivity contribution in [2.75, 3.05) is 43.1 Å². The fourth-order valence-corrected chi connectivity index (χ4v) is 2.71. The van der Waals surface area contributed by atoms with E-state index in [0.29, 0.717) is 40.6 Å². The molecule has 25 heavy (non-hydrogen) atoms.